The van der Waals surface area contributed by atoms with Crippen LogP contribution in [0, 0.1) is 5.82 Å². The highest BCUT2D eigenvalue weighted by atomic mass is 19.1. The lowest BCUT2D eigenvalue weighted by molar-refractivity contribution is -0.121. The molecule has 4 heteroatoms. The molecule has 0 aromatic heterocycles. The van der Waals surface area contributed by atoms with E-state index in [1.54, 1.807) is 12.1 Å². The van der Waals surface area contributed by atoms with E-state index in [-0.39, 0.29) is 24.4 Å². The topological polar surface area (TPSA) is 49.3 Å². The molecule has 0 saturated heterocycles. The molecule has 0 aliphatic rings. The van der Waals surface area contributed by atoms with E-state index in [9.17, 15) is 9.18 Å². The molecular weight excluding hydrogens is 221 g/mol. The molecule has 0 aliphatic carbocycles. The third-order valence-electron chi connectivity index (χ3n) is 2.42. The number of benzene rings is 1. The quantitative estimate of drug-likeness (QED) is 0.793. The molecule has 0 spiro atoms. The number of rotatable bonds is 6. The highest BCUT2D eigenvalue weighted by molar-refractivity contribution is 5.76. The molecule has 1 amide bonds. The number of nitrogens with one attached hydrogen (secondary N) is 1. The summed E-state index contributed by atoms with van der Waals surface area (Å²) in [7, 11) is 0. The first kappa shape index (κ1) is 13.6. The molecule has 1 atom stereocenters. The fraction of sp³-hybridized carbons (Fsp3) is 0.462. The second-order valence-electron chi connectivity index (χ2n) is 4.13. The number of aliphatic hydroxyl groups excluding tert-OH is 1. The lowest BCUT2D eigenvalue weighted by atomic mass is 10.1. The second-order valence-corrected chi connectivity index (χ2v) is 4.13. The highest BCUT2D eigenvalue weighted by Crippen LogP contribution is 2.05. The van der Waals surface area contributed by atoms with Gasteiger partial charge >= 0.3 is 0 Å². The minimum absolute atomic E-state index is 0.00616. The molecule has 2 N–H and O–H groups in total. The molecule has 0 fully saturated rings. The van der Waals surface area contributed by atoms with E-state index >= 15 is 0 Å². The van der Waals surface area contributed by atoms with Crippen LogP contribution >= 0.6 is 0 Å². The first-order valence-electron chi connectivity index (χ1n) is 5.76. The van der Waals surface area contributed by atoms with Crippen LogP contribution in [-0.4, -0.2) is 23.7 Å². The number of aliphatic hydroxyl groups is 1. The first-order chi connectivity index (χ1) is 8.11. The molecule has 1 rings (SSSR count). The van der Waals surface area contributed by atoms with E-state index in [1.165, 1.54) is 12.1 Å². The van der Waals surface area contributed by atoms with E-state index in [0.717, 1.165) is 5.56 Å². The van der Waals surface area contributed by atoms with Crippen molar-refractivity contribution >= 4 is 5.91 Å². The third-order valence-corrected chi connectivity index (χ3v) is 2.42. The lowest BCUT2D eigenvalue weighted by Gasteiger charge is -2.13. The zero-order valence-electron chi connectivity index (χ0n) is 9.95. The maximum absolute atomic E-state index is 12.7. The molecule has 17 heavy (non-hydrogen) atoms. The minimum Gasteiger partial charge on any atom is -0.396 e. The molecular formula is C13H18FNO2. The van der Waals surface area contributed by atoms with E-state index in [2.05, 4.69) is 5.32 Å². The summed E-state index contributed by atoms with van der Waals surface area (Å²) in [5.74, 6) is -0.318. The van der Waals surface area contributed by atoms with Gasteiger partial charge in [-0.05, 0) is 37.5 Å². The Morgan fingerprint density at radius 1 is 1.41 bits per heavy atom. The predicted molar refractivity (Wildman–Crippen MR) is 64.0 cm³/mol. The molecule has 0 radical (unpaired) electrons. The van der Waals surface area contributed by atoms with Crippen molar-refractivity contribution in [2.24, 2.45) is 0 Å². The Labute approximate surface area is 101 Å². The molecule has 0 saturated carbocycles. The minimum atomic E-state index is -0.256. The zero-order valence-corrected chi connectivity index (χ0v) is 9.95. The smallest absolute Gasteiger partial charge is 0.220 e. The largest absolute Gasteiger partial charge is 0.396 e. The van der Waals surface area contributed by atoms with Gasteiger partial charge in [0.15, 0.2) is 0 Å². The average Bonchev–Trinajstić information content (AvgIpc) is 2.29. The van der Waals surface area contributed by atoms with Crippen LogP contribution in [0.5, 0.6) is 0 Å². The SMILES string of the molecule is CC(Cc1ccc(F)cc1)NC(=O)CCCO. The summed E-state index contributed by atoms with van der Waals surface area (Å²) in [5.41, 5.74) is 0.987. The molecule has 1 unspecified atom stereocenters. The van der Waals surface area contributed by atoms with Crippen LogP contribution in [0.1, 0.15) is 25.3 Å². The Balaban J connectivity index is 2.36. The molecule has 0 aliphatic heterocycles. The molecule has 1 aromatic carbocycles. The number of carbonyl (C=O) groups is 1. The van der Waals surface area contributed by atoms with Crippen molar-refractivity contribution in [2.45, 2.75) is 32.2 Å². The van der Waals surface area contributed by atoms with Gasteiger partial charge in [-0.3, -0.25) is 4.79 Å². The normalized spacial score (nSPS) is 12.2. The maximum Gasteiger partial charge on any atom is 0.220 e. The van der Waals surface area contributed by atoms with Crippen LogP contribution in [0.3, 0.4) is 0 Å². The van der Waals surface area contributed by atoms with Crippen molar-refractivity contribution in [3.63, 3.8) is 0 Å². The monoisotopic (exact) mass is 239 g/mol. The fourth-order valence-electron chi connectivity index (χ4n) is 1.61. The van der Waals surface area contributed by atoms with Gasteiger partial charge in [-0.1, -0.05) is 12.1 Å². The van der Waals surface area contributed by atoms with Gasteiger partial charge in [-0.25, -0.2) is 4.39 Å². The number of halogens is 1. The summed E-state index contributed by atoms with van der Waals surface area (Å²) in [5, 5.41) is 11.4. The molecule has 0 bridgehead atoms. The number of carbonyl (C=O) groups excluding carboxylic acids is 1. The Morgan fingerprint density at radius 2 is 2.06 bits per heavy atom. The van der Waals surface area contributed by atoms with E-state index in [1.807, 2.05) is 6.92 Å². The summed E-state index contributed by atoms with van der Waals surface area (Å²) >= 11 is 0. The number of hydrogen-bond donors (Lipinski definition) is 2. The Morgan fingerprint density at radius 3 is 2.65 bits per heavy atom. The molecule has 0 heterocycles. The van der Waals surface area contributed by atoms with E-state index in [4.69, 9.17) is 5.11 Å². The van der Waals surface area contributed by atoms with Crippen LogP contribution in [0.4, 0.5) is 4.39 Å². The van der Waals surface area contributed by atoms with E-state index in [0.29, 0.717) is 19.3 Å². The zero-order chi connectivity index (χ0) is 12.7. The summed E-state index contributed by atoms with van der Waals surface area (Å²) < 4.78 is 12.7. The predicted octanol–water partition coefficient (Wildman–Crippen LogP) is 1.65. The molecule has 3 nitrogen and oxygen atoms in total. The van der Waals surface area contributed by atoms with Crippen molar-refractivity contribution in [1.29, 1.82) is 0 Å². The summed E-state index contributed by atoms with van der Waals surface area (Å²) in [4.78, 5) is 11.4. The van der Waals surface area contributed by atoms with Crippen LogP contribution in [0.2, 0.25) is 0 Å². The standard InChI is InChI=1S/C13H18FNO2/c1-10(15-13(17)3-2-8-16)9-11-4-6-12(14)7-5-11/h4-7,10,16H,2-3,8-9H2,1H3,(H,15,17). The summed E-state index contributed by atoms with van der Waals surface area (Å²) in [6, 6.07) is 6.26. The first-order valence-corrected chi connectivity index (χ1v) is 5.76. The number of hydrogen-bond acceptors (Lipinski definition) is 2. The van der Waals surface area contributed by atoms with Crippen LogP contribution in [0.25, 0.3) is 0 Å². The van der Waals surface area contributed by atoms with Crippen LogP contribution < -0.4 is 5.32 Å². The van der Waals surface area contributed by atoms with Gasteiger partial charge < -0.3 is 10.4 Å². The molecule has 1 aromatic rings. The summed E-state index contributed by atoms with van der Waals surface area (Å²) in [6.07, 6.45) is 1.49. The van der Waals surface area contributed by atoms with Crippen LogP contribution in [-0.2, 0) is 11.2 Å². The van der Waals surface area contributed by atoms with Gasteiger partial charge in [0.1, 0.15) is 5.82 Å². The van der Waals surface area contributed by atoms with Gasteiger partial charge in [0.2, 0.25) is 5.91 Å². The average molecular weight is 239 g/mol. The fourth-order valence-corrected chi connectivity index (χ4v) is 1.61. The van der Waals surface area contributed by atoms with Gasteiger partial charge in [-0.2, -0.15) is 0 Å². The Hall–Kier alpha value is -1.42. The highest BCUT2D eigenvalue weighted by Gasteiger charge is 2.07. The van der Waals surface area contributed by atoms with Crippen molar-refractivity contribution in [3.05, 3.63) is 35.6 Å². The number of amides is 1. The van der Waals surface area contributed by atoms with Gasteiger partial charge in [0.05, 0.1) is 0 Å². The second kappa shape index (κ2) is 7.01. The molecule has 94 valence electrons. The van der Waals surface area contributed by atoms with Gasteiger partial charge in [0.25, 0.3) is 0 Å². The lowest BCUT2D eigenvalue weighted by Crippen LogP contribution is -2.34. The van der Waals surface area contributed by atoms with E-state index < -0.39 is 0 Å². The van der Waals surface area contributed by atoms with Crippen molar-refractivity contribution < 1.29 is 14.3 Å². The van der Waals surface area contributed by atoms with Gasteiger partial charge in [0, 0.05) is 19.1 Å². The summed E-state index contributed by atoms with van der Waals surface area (Å²) in [6.45, 7) is 1.93. The Kier molecular flexibility index (Phi) is 5.63. The maximum atomic E-state index is 12.7. The van der Waals surface area contributed by atoms with Crippen molar-refractivity contribution in [1.82, 2.24) is 5.32 Å². The van der Waals surface area contributed by atoms with Crippen LogP contribution in [0.15, 0.2) is 24.3 Å². The third kappa shape index (κ3) is 5.45. The van der Waals surface area contributed by atoms with Crippen molar-refractivity contribution in [2.75, 3.05) is 6.61 Å². The van der Waals surface area contributed by atoms with Gasteiger partial charge in [-0.15, -0.1) is 0 Å². The Bertz CT molecular complexity index is 351. The van der Waals surface area contributed by atoms with Crippen molar-refractivity contribution in [3.8, 4) is 0 Å².